The van der Waals surface area contributed by atoms with Crippen LogP contribution in [0.1, 0.15) is 24.8 Å². The SMILES string of the molecule is Cc1ccccc1-c1ccc(N2CCN(C(=O)C3CCC3)CC2)nn1. The summed E-state index contributed by atoms with van der Waals surface area (Å²) >= 11 is 0. The summed E-state index contributed by atoms with van der Waals surface area (Å²) < 4.78 is 0. The molecule has 0 atom stereocenters. The summed E-state index contributed by atoms with van der Waals surface area (Å²) in [7, 11) is 0. The Morgan fingerprint density at radius 2 is 1.76 bits per heavy atom. The lowest BCUT2D eigenvalue weighted by atomic mass is 9.84. The van der Waals surface area contributed by atoms with Crippen molar-refractivity contribution in [2.24, 2.45) is 5.92 Å². The van der Waals surface area contributed by atoms with Crippen LogP contribution in [0.25, 0.3) is 11.3 Å². The van der Waals surface area contributed by atoms with E-state index in [0.717, 1.165) is 56.1 Å². The molecule has 2 heterocycles. The van der Waals surface area contributed by atoms with Gasteiger partial charge in [-0.1, -0.05) is 30.7 Å². The van der Waals surface area contributed by atoms with Gasteiger partial charge in [-0.2, -0.15) is 0 Å². The molecule has 2 fully saturated rings. The molecule has 0 bridgehead atoms. The van der Waals surface area contributed by atoms with Crippen molar-refractivity contribution in [1.29, 1.82) is 0 Å². The minimum absolute atomic E-state index is 0.291. The molecule has 1 saturated heterocycles. The molecule has 4 rings (SSSR count). The van der Waals surface area contributed by atoms with Crippen LogP contribution >= 0.6 is 0 Å². The van der Waals surface area contributed by atoms with E-state index in [2.05, 4.69) is 34.2 Å². The van der Waals surface area contributed by atoms with Gasteiger partial charge in [-0.05, 0) is 37.5 Å². The van der Waals surface area contributed by atoms with Crippen LogP contribution in [-0.4, -0.2) is 47.2 Å². The number of aromatic nitrogens is 2. The highest BCUT2D eigenvalue weighted by Gasteiger charge is 2.31. The summed E-state index contributed by atoms with van der Waals surface area (Å²) in [4.78, 5) is 16.6. The molecule has 5 nitrogen and oxygen atoms in total. The van der Waals surface area contributed by atoms with Crippen LogP contribution in [0.5, 0.6) is 0 Å². The van der Waals surface area contributed by atoms with Gasteiger partial charge in [0.25, 0.3) is 0 Å². The molecule has 1 saturated carbocycles. The van der Waals surface area contributed by atoms with Gasteiger partial charge < -0.3 is 9.80 Å². The molecule has 1 aliphatic carbocycles. The summed E-state index contributed by atoms with van der Waals surface area (Å²) in [5.41, 5.74) is 3.23. The van der Waals surface area contributed by atoms with Crippen LogP contribution in [0.3, 0.4) is 0 Å². The van der Waals surface area contributed by atoms with E-state index < -0.39 is 0 Å². The molecule has 5 heteroatoms. The van der Waals surface area contributed by atoms with Gasteiger partial charge in [-0.3, -0.25) is 4.79 Å². The first kappa shape index (κ1) is 16.1. The first-order valence-corrected chi connectivity index (χ1v) is 9.16. The number of anilines is 1. The molecule has 130 valence electrons. The quantitative estimate of drug-likeness (QED) is 0.865. The van der Waals surface area contributed by atoms with Crippen molar-refractivity contribution in [3.05, 3.63) is 42.0 Å². The molecule has 2 aliphatic rings. The second kappa shape index (κ2) is 6.82. The van der Waals surface area contributed by atoms with Gasteiger partial charge in [0.2, 0.25) is 5.91 Å². The molecule has 1 aliphatic heterocycles. The largest absolute Gasteiger partial charge is 0.352 e. The zero-order valence-corrected chi connectivity index (χ0v) is 14.7. The Morgan fingerprint density at radius 3 is 2.36 bits per heavy atom. The summed E-state index contributed by atoms with van der Waals surface area (Å²) in [6, 6.07) is 12.3. The average Bonchev–Trinajstić information content (AvgIpc) is 2.61. The summed E-state index contributed by atoms with van der Waals surface area (Å²) in [5.74, 6) is 1.54. The second-order valence-electron chi connectivity index (χ2n) is 7.03. The van der Waals surface area contributed by atoms with Crippen LogP contribution in [0, 0.1) is 12.8 Å². The Kier molecular flexibility index (Phi) is 4.38. The van der Waals surface area contributed by atoms with E-state index in [1.807, 2.05) is 29.2 Å². The number of amides is 1. The third-order valence-corrected chi connectivity index (χ3v) is 5.44. The number of carbonyl (C=O) groups is 1. The molecular formula is C20H24N4O. The monoisotopic (exact) mass is 336 g/mol. The zero-order valence-electron chi connectivity index (χ0n) is 14.7. The third-order valence-electron chi connectivity index (χ3n) is 5.44. The second-order valence-corrected chi connectivity index (χ2v) is 7.03. The van der Waals surface area contributed by atoms with Crippen molar-refractivity contribution in [3.63, 3.8) is 0 Å². The van der Waals surface area contributed by atoms with Crippen molar-refractivity contribution < 1.29 is 4.79 Å². The standard InChI is InChI=1S/C20H24N4O/c1-15-5-2-3-8-17(15)18-9-10-19(22-21-18)23-11-13-24(14-12-23)20(25)16-6-4-7-16/h2-3,5,8-10,16H,4,6-7,11-14H2,1H3. The van der Waals surface area contributed by atoms with Crippen LogP contribution in [0.4, 0.5) is 5.82 Å². The fraction of sp³-hybridized carbons (Fsp3) is 0.450. The van der Waals surface area contributed by atoms with Crippen molar-refractivity contribution in [1.82, 2.24) is 15.1 Å². The van der Waals surface area contributed by atoms with Gasteiger partial charge >= 0.3 is 0 Å². The molecule has 0 N–H and O–H groups in total. The normalized spacial score (nSPS) is 18.1. The molecule has 0 spiro atoms. The van der Waals surface area contributed by atoms with E-state index in [0.29, 0.717) is 11.8 Å². The number of aryl methyl sites for hydroxylation is 1. The molecule has 1 aromatic heterocycles. The Labute approximate surface area is 148 Å². The lowest BCUT2D eigenvalue weighted by molar-refractivity contribution is -0.138. The number of benzene rings is 1. The molecule has 0 unspecified atom stereocenters. The highest BCUT2D eigenvalue weighted by molar-refractivity contribution is 5.79. The van der Waals surface area contributed by atoms with E-state index in [1.54, 1.807) is 0 Å². The van der Waals surface area contributed by atoms with Gasteiger partial charge in [0.1, 0.15) is 0 Å². The van der Waals surface area contributed by atoms with Crippen LogP contribution in [0.15, 0.2) is 36.4 Å². The predicted octanol–water partition coefficient (Wildman–Crippen LogP) is 2.90. The van der Waals surface area contributed by atoms with E-state index in [1.165, 1.54) is 12.0 Å². The molecule has 25 heavy (non-hydrogen) atoms. The van der Waals surface area contributed by atoms with Crippen LogP contribution < -0.4 is 4.90 Å². The summed E-state index contributed by atoms with van der Waals surface area (Å²) in [5, 5.41) is 8.84. The Hall–Kier alpha value is -2.43. The Balaban J connectivity index is 1.40. The lowest BCUT2D eigenvalue weighted by Crippen LogP contribution is -2.51. The minimum Gasteiger partial charge on any atom is -0.352 e. The van der Waals surface area contributed by atoms with Gasteiger partial charge in [-0.15, -0.1) is 10.2 Å². The third kappa shape index (κ3) is 3.23. The van der Waals surface area contributed by atoms with Gasteiger partial charge in [-0.25, -0.2) is 0 Å². The number of piperazine rings is 1. The molecule has 2 aromatic rings. The summed E-state index contributed by atoms with van der Waals surface area (Å²) in [6.07, 6.45) is 3.36. The lowest BCUT2D eigenvalue weighted by Gasteiger charge is -2.38. The molecular weight excluding hydrogens is 312 g/mol. The maximum absolute atomic E-state index is 12.3. The Morgan fingerprint density at radius 1 is 1.00 bits per heavy atom. The smallest absolute Gasteiger partial charge is 0.225 e. The maximum atomic E-state index is 12.3. The first-order valence-electron chi connectivity index (χ1n) is 9.16. The molecule has 0 radical (unpaired) electrons. The van der Waals surface area contributed by atoms with Crippen molar-refractivity contribution in [2.75, 3.05) is 31.1 Å². The predicted molar refractivity (Wildman–Crippen MR) is 98.3 cm³/mol. The Bertz CT molecular complexity index is 747. The van der Waals surface area contributed by atoms with E-state index in [4.69, 9.17) is 0 Å². The topological polar surface area (TPSA) is 49.3 Å². The van der Waals surface area contributed by atoms with Gasteiger partial charge in [0, 0.05) is 37.7 Å². The van der Waals surface area contributed by atoms with Crippen LogP contribution in [0.2, 0.25) is 0 Å². The van der Waals surface area contributed by atoms with Crippen LogP contribution in [-0.2, 0) is 4.79 Å². The fourth-order valence-electron chi connectivity index (χ4n) is 3.57. The first-order chi connectivity index (χ1) is 12.2. The number of carbonyl (C=O) groups excluding carboxylic acids is 1. The zero-order chi connectivity index (χ0) is 17.2. The molecule has 1 amide bonds. The van der Waals surface area contributed by atoms with Crippen molar-refractivity contribution in [3.8, 4) is 11.3 Å². The summed E-state index contributed by atoms with van der Waals surface area (Å²) in [6.45, 7) is 5.32. The van der Waals surface area contributed by atoms with E-state index in [-0.39, 0.29) is 0 Å². The van der Waals surface area contributed by atoms with Gasteiger partial charge in [0.15, 0.2) is 5.82 Å². The minimum atomic E-state index is 0.291. The highest BCUT2D eigenvalue weighted by Crippen LogP contribution is 2.29. The highest BCUT2D eigenvalue weighted by atomic mass is 16.2. The van der Waals surface area contributed by atoms with Crippen molar-refractivity contribution in [2.45, 2.75) is 26.2 Å². The van der Waals surface area contributed by atoms with E-state index >= 15 is 0 Å². The number of rotatable bonds is 3. The average molecular weight is 336 g/mol. The van der Waals surface area contributed by atoms with E-state index in [9.17, 15) is 4.79 Å². The number of hydrogen-bond donors (Lipinski definition) is 0. The van der Waals surface area contributed by atoms with Gasteiger partial charge in [0.05, 0.1) is 5.69 Å². The number of hydrogen-bond acceptors (Lipinski definition) is 4. The molecule has 1 aromatic carbocycles. The fourth-order valence-corrected chi connectivity index (χ4v) is 3.57. The van der Waals surface area contributed by atoms with Crippen molar-refractivity contribution >= 4 is 11.7 Å². The number of nitrogens with zero attached hydrogens (tertiary/aromatic N) is 4. The maximum Gasteiger partial charge on any atom is 0.225 e.